The number of alkyl halides is 3. The van der Waals surface area contributed by atoms with Crippen molar-refractivity contribution in [2.75, 3.05) is 37.6 Å². The maximum atomic E-state index is 13.1. The highest BCUT2D eigenvalue weighted by Crippen LogP contribution is 2.33. The van der Waals surface area contributed by atoms with Crippen LogP contribution in [0.25, 0.3) is 0 Å². The lowest BCUT2D eigenvalue weighted by atomic mass is 9.84. The molecule has 1 saturated carbocycles. The van der Waals surface area contributed by atoms with Gasteiger partial charge in [-0.15, -0.1) is 0 Å². The van der Waals surface area contributed by atoms with E-state index in [1.165, 1.54) is 19.3 Å². The number of nitriles is 1. The molecular formula is C20H27F3N4. The average molecular weight is 380 g/mol. The highest BCUT2D eigenvalue weighted by molar-refractivity contribution is 5.55. The zero-order valence-electron chi connectivity index (χ0n) is 15.5. The van der Waals surface area contributed by atoms with Gasteiger partial charge in [-0.2, -0.15) is 18.4 Å². The Morgan fingerprint density at radius 3 is 2.30 bits per heavy atom. The molecule has 1 aromatic rings. The summed E-state index contributed by atoms with van der Waals surface area (Å²) in [5.74, 6) is 0.754. The third kappa shape index (κ3) is 5.36. The molecule has 0 bridgehead atoms. The predicted octanol–water partition coefficient (Wildman–Crippen LogP) is 3.61. The van der Waals surface area contributed by atoms with Crippen molar-refractivity contribution in [1.29, 1.82) is 5.26 Å². The fourth-order valence-electron chi connectivity index (χ4n) is 4.09. The first kappa shape index (κ1) is 20.0. The fraction of sp³-hybridized carbons (Fsp3) is 0.650. The van der Waals surface area contributed by atoms with E-state index in [1.807, 2.05) is 11.0 Å². The summed E-state index contributed by atoms with van der Waals surface area (Å²) in [5, 5.41) is 9.05. The van der Waals surface area contributed by atoms with Gasteiger partial charge in [0.1, 0.15) is 0 Å². The van der Waals surface area contributed by atoms with Crippen molar-refractivity contribution in [3.05, 3.63) is 29.3 Å². The number of nitrogens with zero attached hydrogens (tertiary/aromatic N) is 3. The first-order valence-corrected chi connectivity index (χ1v) is 9.70. The molecule has 1 heterocycles. The Balaban J connectivity index is 1.54. The Labute approximate surface area is 158 Å². The summed E-state index contributed by atoms with van der Waals surface area (Å²) in [6.07, 6.45) is 1.40. The summed E-state index contributed by atoms with van der Waals surface area (Å²) in [6, 6.07) is 5.83. The van der Waals surface area contributed by atoms with Crippen LogP contribution in [0.3, 0.4) is 0 Å². The molecule has 1 aromatic carbocycles. The van der Waals surface area contributed by atoms with Crippen molar-refractivity contribution in [2.45, 2.75) is 44.3 Å². The molecule has 7 heteroatoms. The number of nitrogens with two attached hydrogens (primary N) is 1. The molecule has 0 unspecified atom stereocenters. The largest absolute Gasteiger partial charge is 0.416 e. The Morgan fingerprint density at radius 1 is 1.04 bits per heavy atom. The SMILES string of the molecule is N#Cc1cc(N2CCN(CC[C@H]3CC[C@H](N)CC3)CC2)cc(C(F)(F)F)c1. The van der Waals surface area contributed by atoms with E-state index in [0.29, 0.717) is 24.8 Å². The van der Waals surface area contributed by atoms with E-state index in [9.17, 15) is 13.2 Å². The first-order valence-electron chi connectivity index (χ1n) is 9.70. The van der Waals surface area contributed by atoms with E-state index in [0.717, 1.165) is 50.5 Å². The molecule has 0 atom stereocenters. The van der Waals surface area contributed by atoms with Crippen LogP contribution >= 0.6 is 0 Å². The van der Waals surface area contributed by atoms with Crippen molar-refractivity contribution in [3.8, 4) is 6.07 Å². The van der Waals surface area contributed by atoms with E-state index >= 15 is 0 Å². The summed E-state index contributed by atoms with van der Waals surface area (Å²) in [7, 11) is 0. The lowest BCUT2D eigenvalue weighted by Gasteiger charge is -2.37. The minimum atomic E-state index is -4.44. The van der Waals surface area contributed by atoms with Gasteiger partial charge in [-0.25, -0.2) is 0 Å². The average Bonchev–Trinajstić information content (AvgIpc) is 2.67. The van der Waals surface area contributed by atoms with Crippen LogP contribution in [0.2, 0.25) is 0 Å². The molecule has 4 nitrogen and oxygen atoms in total. The van der Waals surface area contributed by atoms with Gasteiger partial charge in [0.25, 0.3) is 0 Å². The Kier molecular flexibility index (Phi) is 6.28. The first-order chi connectivity index (χ1) is 12.8. The summed E-state index contributed by atoms with van der Waals surface area (Å²) in [6.45, 7) is 4.08. The van der Waals surface area contributed by atoms with Crippen molar-refractivity contribution >= 4 is 5.69 Å². The maximum Gasteiger partial charge on any atom is 0.416 e. The molecule has 3 rings (SSSR count). The van der Waals surface area contributed by atoms with E-state index in [1.54, 1.807) is 6.07 Å². The normalized spacial score (nSPS) is 24.6. The molecule has 2 N–H and O–H groups in total. The smallest absolute Gasteiger partial charge is 0.369 e. The molecule has 2 fully saturated rings. The lowest BCUT2D eigenvalue weighted by molar-refractivity contribution is -0.137. The van der Waals surface area contributed by atoms with Crippen LogP contribution in [-0.2, 0) is 6.18 Å². The third-order valence-corrected chi connectivity index (χ3v) is 5.86. The molecule has 1 aliphatic heterocycles. The number of hydrogen-bond donors (Lipinski definition) is 1. The number of rotatable bonds is 4. The minimum Gasteiger partial charge on any atom is -0.369 e. The quantitative estimate of drug-likeness (QED) is 0.867. The van der Waals surface area contributed by atoms with E-state index in [2.05, 4.69) is 4.90 Å². The summed E-state index contributed by atoms with van der Waals surface area (Å²) in [5.41, 5.74) is 5.74. The third-order valence-electron chi connectivity index (χ3n) is 5.86. The lowest BCUT2D eigenvalue weighted by Crippen LogP contribution is -2.47. The van der Waals surface area contributed by atoms with Crippen LogP contribution in [0.5, 0.6) is 0 Å². The zero-order valence-corrected chi connectivity index (χ0v) is 15.5. The second-order valence-electron chi connectivity index (χ2n) is 7.78. The van der Waals surface area contributed by atoms with Crippen molar-refractivity contribution in [3.63, 3.8) is 0 Å². The number of benzene rings is 1. The van der Waals surface area contributed by atoms with Crippen LogP contribution < -0.4 is 10.6 Å². The van der Waals surface area contributed by atoms with Crippen LogP contribution in [0.1, 0.15) is 43.2 Å². The van der Waals surface area contributed by atoms with Gasteiger partial charge in [-0.05, 0) is 62.8 Å². The number of piperazine rings is 1. The topological polar surface area (TPSA) is 56.3 Å². The van der Waals surface area contributed by atoms with E-state index < -0.39 is 11.7 Å². The van der Waals surface area contributed by atoms with Gasteiger partial charge < -0.3 is 10.6 Å². The predicted molar refractivity (Wildman–Crippen MR) is 99.4 cm³/mol. The summed E-state index contributed by atoms with van der Waals surface area (Å²) < 4.78 is 39.2. The summed E-state index contributed by atoms with van der Waals surface area (Å²) >= 11 is 0. The number of anilines is 1. The van der Waals surface area contributed by atoms with Crippen molar-refractivity contribution < 1.29 is 13.2 Å². The molecule has 1 saturated heterocycles. The Bertz CT molecular complexity index is 667. The van der Waals surface area contributed by atoms with Crippen LogP contribution in [0.15, 0.2) is 18.2 Å². The van der Waals surface area contributed by atoms with Gasteiger partial charge in [0.2, 0.25) is 0 Å². The monoisotopic (exact) mass is 380 g/mol. The maximum absolute atomic E-state index is 13.1. The molecule has 2 aliphatic rings. The van der Waals surface area contributed by atoms with Gasteiger partial charge in [-0.3, -0.25) is 4.90 Å². The molecular weight excluding hydrogens is 353 g/mol. The van der Waals surface area contributed by atoms with Gasteiger partial charge >= 0.3 is 6.18 Å². The fourth-order valence-corrected chi connectivity index (χ4v) is 4.09. The van der Waals surface area contributed by atoms with Gasteiger partial charge in [0.15, 0.2) is 0 Å². The van der Waals surface area contributed by atoms with Crippen molar-refractivity contribution in [2.24, 2.45) is 11.7 Å². The van der Waals surface area contributed by atoms with Crippen molar-refractivity contribution in [1.82, 2.24) is 4.90 Å². The molecule has 148 valence electrons. The Hall–Kier alpha value is -1.78. The molecule has 0 amide bonds. The summed E-state index contributed by atoms with van der Waals surface area (Å²) in [4.78, 5) is 4.34. The zero-order chi connectivity index (χ0) is 19.4. The van der Waals surface area contributed by atoms with Crippen LogP contribution in [-0.4, -0.2) is 43.7 Å². The molecule has 0 radical (unpaired) electrons. The standard InChI is InChI=1S/C20H27F3N4/c21-20(22,23)17-11-16(14-24)12-19(13-17)27-9-7-26(8-10-27)6-5-15-1-3-18(25)4-2-15/h11-13,15,18H,1-10,25H2/t15-,18-. The van der Waals surface area contributed by atoms with Gasteiger partial charge in [0, 0.05) is 37.9 Å². The molecule has 1 aliphatic carbocycles. The number of hydrogen-bond acceptors (Lipinski definition) is 4. The second kappa shape index (κ2) is 8.49. The molecule has 0 aromatic heterocycles. The van der Waals surface area contributed by atoms with E-state index in [-0.39, 0.29) is 5.56 Å². The molecule has 27 heavy (non-hydrogen) atoms. The van der Waals surface area contributed by atoms with Crippen LogP contribution in [0, 0.1) is 17.2 Å². The van der Waals surface area contributed by atoms with Crippen LogP contribution in [0.4, 0.5) is 18.9 Å². The number of halogens is 3. The van der Waals surface area contributed by atoms with E-state index in [4.69, 9.17) is 11.0 Å². The molecule has 0 spiro atoms. The highest BCUT2D eigenvalue weighted by atomic mass is 19.4. The highest BCUT2D eigenvalue weighted by Gasteiger charge is 2.32. The minimum absolute atomic E-state index is 0.0535. The van der Waals surface area contributed by atoms with Gasteiger partial charge in [-0.1, -0.05) is 0 Å². The second-order valence-corrected chi connectivity index (χ2v) is 7.78. The Morgan fingerprint density at radius 2 is 1.70 bits per heavy atom. The van der Waals surface area contributed by atoms with Gasteiger partial charge in [0.05, 0.1) is 17.2 Å².